The van der Waals surface area contributed by atoms with Crippen LogP contribution in [0.25, 0.3) is 12.2 Å². The van der Waals surface area contributed by atoms with Crippen molar-refractivity contribution in [2.24, 2.45) is 0 Å². The summed E-state index contributed by atoms with van der Waals surface area (Å²) >= 11 is 0. The van der Waals surface area contributed by atoms with E-state index >= 15 is 0 Å². The zero-order valence-corrected chi connectivity index (χ0v) is 13.2. The number of hydrogen-bond donors (Lipinski definition) is 0. The van der Waals surface area contributed by atoms with E-state index in [-0.39, 0.29) is 5.78 Å². The third-order valence-corrected chi connectivity index (χ3v) is 3.74. The van der Waals surface area contributed by atoms with Crippen LogP contribution in [0.4, 0.5) is 8.78 Å². The molecule has 0 amide bonds. The molecule has 0 spiro atoms. The highest BCUT2D eigenvalue weighted by Gasteiger charge is 2.24. The predicted molar refractivity (Wildman–Crippen MR) is 89.1 cm³/mol. The summed E-state index contributed by atoms with van der Waals surface area (Å²) in [6, 6.07) is 6.88. The molecule has 2 aromatic rings. The molecule has 1 aliphatic rings. The normalized spacial score (nSPS) is 19.2. The fraction of sp³-hybridized carbons (Fsp3) is 0.158. The van der Waals surface area contributed by atoms with Gasteiger partial charge in [0.05, 0.1) is 0 Å². The molecule has 0 saturated carbocycles. The van der Waals surface area contributed by atoms with Crippen molar-refractivity contribution in [1.29, 1.82) is 0 Å². The Morgan fingerprint density at radius 1 is 0.958 bits per heavy atom. The summed E-state index contributed by atoms with van der Waals surface area (Å²) in [6.45, 7) is 0.959. The minimum absolute atomic E-state index is 0.102. The zero-order valence-electron chi connectivity index (χ0n) is 13.2. The molecule has 1 aliphatic heterocycles. The summed E-state index contributed by atoms with van der Waals surface area (Å²) in [4.78, 5) is 18.6. The van der Waals surface area contributed by atoms with Gasteiger partial charge >= 0.3 is 0 Å². The summed E-state index contributed by atoms with van der Waals surface area (Å²) in [6.07, 6.45) is 6.69. The summed E-state index contributed by atoms with van der Waals surface area (Å²) < 4.78 is 26.7. The van der Waals surface area contributed by atoms with Crippen LogP contribution in [-0.4, -0.2) is 35.8 Å². The van der Waals surface area contributed by atoms with Gasteiger partial charge in [-0.25, -0.2) is 8.78 Å². The number of ketones is 1. The van der Waals surface area contributed by atoms with Crippen molar-refractivity contribution in [2.75, 3.05) is 20.1 Å². The maximum absolute atomic E-state index is 13.3. The van der Waals surface area contributed by atoms with Crippen LogP contribution in [0.5, 0.6) is 0 Å². The van der Waals surface area contributed by atoms with Crippen LogP contribution in [0.15, 0.2) is 53.9 Å². The summed E-state index contributed by atoms with van der Waals surface area (Å²) in [5, 5.41) is 0. The van der Waals surface area contributed by atoms with Crippen molar-refractivity contribution < 1.29 is 13.6 Å². The smallest absolute Gasteiger partial charge is 0.187 e. The van der Waals surface area contributed by atoms with Crippen LogP contribution in [0.1, 0.15) is 11.1 Å². The maximum Gasteiger partial charge on any atom is 0.187 e. The van der Waals surface area contributed by atoms with Crippen molar-refractivity contribution in [2.45, 2.75) is 0 Å². The molecule has 3 nitrogen and oxygen atoms in total. The number of piperidine rings is 1. The molecule has 0 aliphatic carbocycles. The van der Waals surface area contributed by atoms with Crippen LogP contribution < -0.4 is 0 Å². The number of pyridine rings is 1. The number of nitrogens with zero attached hydrogens (tertiary/aromatic N) is 2. The number of rotatable bonds is 2. The lowest BCUT2D eigenvalue weighted by molar-refractivity contribution is -0.113. The fourth-order valence-electron chi connectivity index (χ4n) is 2.73. The number of aromatic nitrogens is 1. The van der Waals surface area contributed by atoms with Crippen LogP contribution >= 0.6 is 0 Å². The number of carbonyl (C=O) groups is 1. The molecule has 0 radical (unpaired) electrons. The summed E-state index contributed by atoms with van der Waals surface area (Å²) in [5.41, 5.74) is 2.38. The maximum atomic E-state index is 13.3. The van der Waals surface area contributed by atoms with E-state index in [1.165, 1.54) is 12.1 Å². The number of Topliss-reactive ketones (excluding diaryl/α,β-unsaturated/α-hetero) is 1. The molecule has 0 atom stereocenters. The van der Waals surface area contributed by atoms with E-state index in [0.29, 0.717) is 29.8 Å². The topological polar surface area (TPSA) is 33.2 Å². The first-order valence-corrected chi connectivity index (χ1v) is 7.52. The Hall–Kier alpha value is -2.66. The molecule has 1 fully saturated rings. The Morgan fingerprint density at radius 2 is 1.50 bits per heavy atom. The minimum atomic E-state index is -0.661. The predicted octanol–water partition coefficient (Wildman–Crippen LogP) is 3.34. The van der Waals surface area contributed by atoms with Gasteiger partial charge in [-0.15, -0.1) is 0 Å². The molecule has 24 heavy (non-hydrogen) atoms. The van der Waals surface area contributed by atoms with Gasteiger partial charge in [-0.3, -0.25) is 14.7 Å². The third kappa shape index (κ3) is 3.81. The van der Waals surface area contributed by atoms with Gasteiger partial charge in [0, 0.05) is 42.7 Å². The monoisotopic (exact) mass is 326 g/mol. The van der Waals surface area contributed by atoms with E-state index in [9.17, 15) is 13.6 Å². The summed E-state index contributed by atoms with van der Waals surface area (Å²) in [7, 11) is 1.90. The van der Waals surface area contributed by atoms with Crippen molar-refractivity contribution in [1.82, 2.24) is 9.88 Å². The van der Waals surface area contributed by atoms with Crippen LogP contribution in [0.2, 0.25) is 0 Å². The third-order valence-electron chi connectivity index (χ3n) is 3.74. The molecule has 1 aromatic heterocycles. The first-order valence-electron chi connectivity index (χ1n) is 7.52. The average Bonchev–Trinajstić information content (AvgIpc) is 2.52. The molecule has 5 heteroatoms. The minimum Gasteiger partial charge on any atom is -0.298 e. The van der Waals surface area contributed by atoms with Gasteiger partial charge < -0.3 is 0 Å². The second-order valence-electron chi connectivity index (χ2n) is 5.82. The van der Waals surface area contributed by atoms with E-state index in [1.54, 1.807) is 18.5 Å². The Bertz CT molecular complexity index is 808. The fourth-order valence-corrected chi connectivity index (χ4v) is 2.73. The van der Waals surface area contributed by atoms with Crippen LogP contribution in [0, 0.1) is 11.6 Å². The number of hydrogen-bond acceptors (Lipinski definition) is 3. The van der Waals surface area contributed by atoms with Gasteiger partial charge in [-0.05, 0) is 54.6 Å². The van der Waals surface area contributed by atoms with Gasteiger partial charge in [0.2, 0.25) is 0 Å². The highest BCUT2D eigenvalue weighted by molar-refractivity contribution is 6.14. The SMILES string of the molecule is CN1CC(=Cc2ccncc2)C(=O)/C(=C/c2cc(F)cc(F)c2)C1. The van der Waals surface area contributed by atoms with Gasteiger partial charge in [-0.2, -0.15) is 0 Å². The largest absolute Gasteiger partial charge is 0.298 e. The first-order chi connectivity index (χ1) is 11.5. The molecule has 122 valence electrons. The lowest BCUT2D eigenvalue weighted by Gasteiger charge is -2.26. The quantitative estimate of drug-likeness (QED) is 0.794. The molecular formula is C19H16F2N2O. The van der Waals surface area contributed by atoms with E-state index < -0.39 is 11.6 Å². The lowest BCUT2D eigenvalue weighted by Crippen LogP contribution is -2.34. The van der Waals surface area contributed by atoms with Gasteiger partial charge in [0.1, 0.15) is 11.6 Å². The molecule has 0 unspecified atom stereocenters. The summed E-state index contributed by atoms with van der Waals surface area (Å²) in [5.74, 6) is -1.42. The van der Waals surface area contributed by atoms with Gasteiger partial charge in [0.25, 0.3) is 0 Å². The van der Waals surface area contributed by atoms with Crippen molar-refractivity contribution >= 4 is 17.9 Å². The molecule has 1 aromatic carbocycles. The van der Waals surface area contributed by atoms with E-state index in [0.717, 1.165) is 11.6 Å². The first kappa shape index (κ1) is 16.2. The number of likely N-dealkylation sites (tertiary alicyclic amines) is 1. The number of benzene rings is 1. The van der Waals surface area contributed by atoms with Crippen LogP contribution in [-0.2, 0) is 4.79 Å². The van der Waals surface area contributed by atoms with E-state index in [1.807, 2.05) is 30.2 Å². The molecule has 2 heterocycles. The highest BCUT2D eigenvalue weighted by atomic mass is 19.1. The lowest BCUT2D eigenvalue weighted by atomic mass is 9.95. The second kappa shape index (κ2) is 6.84. The standard InChI is InChI=1S/C19H16F2N2O/c1-23-11-15(6-13-2-4-22-5-3-13)19(24)16(12-23)7-14-8-17(20)10-18(21)9-14/h2-10H,11-12H2,1H3/b15-6?,16-7+. The second-order valence-corrected chi connectivity index (χ2v) is 5.82. The highest BCUT2D eigenvalue weighted by Crippen LogP contribution is 2.21. The molecule has 0 N–H and O–H groups in total. The van der Waals surface area contributed by atoms with Crippen molar-refractivity contribution in [3.8, 4) is 0 Å². The molecule has 1 saturated heterocycles. The number of halogens is 2. The Kier molecular flexibility index (Phi) is 4.62. The van der Waals surface area contributed by atoms with Crippen LogP contribution in [0.3, 0.4) is 0 Å². The van der Waals surface area contributed by atoms with Crippen molar-refractivity contribution in [3.05, 3.63) is 76.6 Å². The molecular weight excluding hydrogens is 310 g/mol. The van der Waals surface area contributed by atoms with E-state index in [2.05, 4.69) is 4.98 Å². The number of likely N-dealkylation sites (N-methyl/N-ethyl adjacent to an activating group) is 1. The molecule has 3 rings (SSSR count). The Morgan fingerprint density at radius 3 is 2.08 bits per heavy atom. The zero-order chi connectivity index (χ0) is 17.1. The average molecular weight is 326 g/mol. The van der Waals surface area contributed by atoms with Gasteiger partial charge in [-0.1, -0.05) is 0 Å². The number of carbonyl (C=O) groups excluding carboxylic acids is 1. The van der Waals surface area contributed by atoms with Gasteiger partial charge in [0.15, 0.2) is 5.78 Å². The Balaban J connectivity index is 1.95. The Labute approximate surface area is 138 Å². The molecule has 0 bridgehead atoms. The van der Waals surface area contributed by atoms with Crippen molar-refractivity contribution in [3.63, 3.8) is 0 Å². The van der Waals surface area contributed by atoms with E-state index in [4.69, 9.17) is 0 Å².